The Hall–Kier alpha value is -3.22. The van der Waals surface area contributed by atoms with Gasteiger partial charge in [0.1, 0.15) is 0 Å². The molecule has 0 radical (unpaired) electrons. The molecule has 2 rings (SSSR count). The van der Waals surface area contributed by atoms with Crippen LogP contribution >= 0.6 is 0 Å². The van der Waals surface area contributed by atoms with Gasteiger partial charge in [0.15, 0.2) is 6.17 Å². The van der Waals surface area contributed by atoms with Crippen LogP contribution in [-0.4, -0.2) is 29.9 Å². The summed E-state index contributed by atoms with van der Waals surface area (Å²) in [5.74, 6) is -0.393. The summed E-state index contributed by atoms with van der Waals surface area (Å²) >= 11 is 0. The van der Waals surface area contributed by atoms with E-state index in [1.54, 1.807) is 18.0 Å². The van der Waals surface area contributed by atoms with Crippen LogP contribution in [0.1, 0.15) is 37.8 Å². The fraction of sp³-hybridized carbons (Fsp3) is 0.333. The highest BCUT2D eigenvalue weighted by Crippen LogP contribution is 2.33. The van der Waals surface area contributed by atoms with E-state index in [9.17, 15) is 9.59 Å². The zero-order chi connectivity index (χ0) is 20.8. The summed E-state index contributed by atoms with van der Waals surface area (Å²) in [6.45, 7) is 5.83. The number of nitrogens with zero attached hydrogens (tertiary/aromatic N) is 1. The summed E-state index contributed by atoms with van der Waals surface area (Å²) in [7, 11) is 1.69. The van der Waals surface area contributed by atoms with Crippen molar-refractivity contribution in [3.05, 3.63) is 53.6 Å². The fourth-order valence-corrected chi connectivity index (χ4v) is 2.96. The number of benzene rings is 2. The lowest BCUT2D eigenvalue weighted by molar-refractivity contribution is -0.134. The second-order valence-electron chi connectivity index (χ2n) is 7.14. The van der Waals surface area contributed by atoms with Gasteiger partial charge < -0.3 is 27.0 Å². The van der Waals surface area contributed by atoms with E-state index in [0.717, 1.165) is 11.1 Å². The minimum Gasteiger partial charge on any atom is -0.397 e. The Morgan fingerprint density at radius 3 is 2.25 bits per heavy atom. The maximum absolute atomic E-state index is 12.9. The average Bonchev–Trinajstić information content (AvgIpc) is 2.64. The predicted octanol–water partition coefficient (Wildman–Crippen LogP) is 2.51. The molecule has 1 atom stereocenters. The summed E-state index contributed by atoms with van der Waals surface area (Å²) in [6, 6.07) is 13.3. The molecule has 0 aromatic heterocycles. The van der Waals surface area contributed by atoms with Crippen LogP contribution in [0.5, 0.6) is 0 Å². The van der Waals surface area contributed by atoms with Crippen molar-refractivity contribution >= 4 is 28.9 Å². The highest BCUT2D eigenvalue weighted by atomic mass is 16.2. The second kappa shape index (κ2) is 9.12. The van der Waals surface area contributed by atoms with Gasteiger partial charge in [-0.3, -0.25) is 9.59 Å². The summed E-state index contributed by atoms with van der Waals surface area (Å²) < 4.78 is 0. The minimum atomic E-state index is -0.960. The lowest BCUT2D eigenvalue weighted by atomic mass is 9.99. The van der Waals surface area contributed by atoms with Crippen molar-refractivity contribution in [2.24, 2.45) is 0 Å². The number of nitrogen functional groups attached to an aromatic ring is 2. The van der Waals surface area contributed by atoms with E-state index in [1.807, 2.05) is 50.2 Å². The second-order valence-corrected chi connectivity index (χ2v) is 7.14. The van der Waals surface area contributed by atoms with Gasteiger partial charge in [0.05, 0.1) is 17.1 Å². The molecule has 0 heterocycles. The van der Waals surface area contributed by atoms with Gasteiger partial charge in [0.25, 0.3) is 5.91 Å². The van der Waals surface area contributed by atoms with Gasteiger partial charge in [0, 0.05) is 20.5 Å². The van der Waals surface area contributed by atoms with Crippen LogP contribution in [0.4, 0.5) is 17.1 Å². The molecule has 0 aliphatic heterocycles. The number of carbonyl (C=O) groups is 2. The molecule has 0 aliphatic carbocycles. The maximum Gasteiger partial charge on any atom is 0.265 e. The number of amides is 2. The van der Waals surface area contributed by atoms with E-state index in [1.165, 1.54) is 6.92 Å². The molecule has 0 fully saturated rings. The van der Waals surface area contributed by atoms with Crippen LogP contribution in [0.15, 0.2) is 42.5 Å². The Labute approximate surface area is 166 Å². The smallest absolute Gasteiger partial charge is 0.265 e. The van der Waals surface area contributed by atoms with Crippen molar-refractivity contribution in [2.75, 3.05) is 23.8 Å². The highest BCUT2D eigenvalue weighted by molar-refractivity contribution is 5.91. The van der Waals surface area contributed by atoms with Gasteiger partial charge in [-0.2, -0.15) is 0 Å². The summed E-state index contributed by atoms with van der Waals surface area (Å²) in [5, 5.41) is 5.67. The van der Waals surface area contributed by atoms with Crippen molar-refractivity contribution in [3.63, 3.8) is 0 Å². The van der Waals surface area contributed by atoms with Gasteiger partial charge in [-0.15, -0.1) is 0 Å². The summed E-state index contributed by atoms with van der Waals surface area (Å²) in [5.41, 5.74) is 15.6. The van der Waals surface area contributed by atoms with Gasteiger partial charge >= 0.3 is 0 Å². The van der Waals surface area contributed by atoms with E-state index in [4.69, 9.17) is 11.5 Å². The molecule has 0 aliphatic rings. The third-order valence-corrected chi connectivity index (χ3v) is 4.48. The Morgan fingerprint density at radius 2 is 1.68 bits per heavy atom. The van der Waals surface area contributed by atoms with Gasteiger partial charge in [-0.25, -0.2) is 0 Å². The van der Waals surface area contributed by atoms with Crippen molar-refractivity contribution < 1.29 is 9.59 Å². The van der Waals surface area contributed by atoms with Crippen molar-refractivity contribution in [1.82, 2.24) is 10.2 Å². The number of nitrogens with two attached hydrogens (primary N) is 2. The number of rotatable bonds is 7. The standard InChI is InChI=1S/C21H29N5O2/c1-13(2)16-10-11-17(19(23)18(16)22)25-20(24-14(3)27)21(28)26(4)12-15-8-6-5-7-9-15/h5-11,13,20,25H,12,22-23H2,1-4H3,(H,24,27). The molecule has 0 spiro atoms. The van der Waals surface area contributed by atoms with E-state index in [0.29, 0.717) is 23.6 Å². The zero-order valence-corrected chi connectivity index (χ0v) is 16.8. The molecule has 7 heteroatoms. The lowest BCUT2D eigenvalue weighted by Crippen LogP contribution is -2.51. The number of hydrogen-bond acceptors (Lipinski definition) is 5. The van der Waals surface area contributed by atoms with Crippen LogP contribution in [0.25, 0.3) is 0 Å². The Kier molecular flexibility index (Phi) is 6.87. The van der Waals surface area contributed by atoms with E-state index >= 15 is 0 Å². The molecule has 28 heavy (non-hydrogen) atoms. The summed E-state index contributed by atoms with van der Waals surface area (Å²) in [6.07, 6.45) is -0.960. The van der Waals surface area contributed by atoms with Gasteiger partial charge in [0.2, 0.25) is 5.91 Å². The molecule has 0 bridgehead atoms. The molecule has 2 amide bonds. The molecular weight excluding hydrogens is 354 g/mol. The SMILES string of the molecule is CC(=O)NC(Nc1ccc(C(C)C)c(N)c1N)C(=O)N(C)Cc1ccccc1. The highest BCUT2D eigenvalue weighted by Gasteiger charge is 2.24. The van der Waals surface area contributed by atoms with Crippen LogP contribution in [0.2, 0.25) is 0 Å². The minimum absolute atomic E-state index is 0.223. The van der Waals surface area contributed by atoms with Crippen LogP contribution in [0, 0.1) is 0 Å². The number of nitrogens with one attached hydrogen (secondary N) is 2. The van der Waals surface area contributed by atoms with Crippen LogP contribution in [-0.2, 0) is 16.1 Å². The van der Waals surface area contributed by atoms with E-state index < -0.39 is 6.17 Å². The molecular formula is C21H29N5O2. The molecule has 0 saturated carbocycles. The number of anilines is 3. The van der Waals surface area contributed by atoms with E-state index in [2.05, 4.69) is 10.6 Å². The van der Waals surface area contributed by atoms with Gasteiger partial charge in [-0.05, 0) is 23.1 Å². The van der Waals surface area contributed by atoms with E-state index in [-0.39, 0.29) is 17.7 Å². The molecule has 2 aromatic rings. The van der Waals surface area contributed by atoms with Gasteiger partial charge in [-0.1, -0.05) is 50.2 Å². The topological polar surface area (TPSA) is 113 Å². The average molecular weight is 383 g/mol. The predicted molar refractivity (Wildman–Crippen MR) is 113 cm³/mol. The van der Waals surface area contributed by atoms with Crippen molar-refractivity contribution in [1.29, 1.82) is 0 Å². The van der Waals surface area contributed by atoms with Crippen LogP contribution < -0.4 is 22.1 Å². The first-order valence-electron chi connectivity index (χ1n) is 9.21. The third-order valence-electron chi connectivity index (χ3n) is 4.48. The third kappa shape index (κ3) is 5.16. The first kappa shape index (κ1) is 21.1. The van der Waals surface area contributed by atoms with Crippen molar-refractivity contribution in [3.8, 4) is 0 Å². The largest absolute Gasteiger partial charge is 0.397 e. The molecule has 2 aromatic carbocycles. The van der Waals surface area contributed by atoms with Crippen molar-refractivity contribution in [2.45, 2.75) is 39.4 Å². The normalized spacial score (nSPS) is 11.8. The lowest BCUT2D eigenvalue weighted by Gasteiger charge is -2.27. The molecule has 0 saturated heterocycles. The first-order chi connectivity index (χ1) is 13.2. The quantitative estimate of drug-likeness (QED) is 0.433. The molecule has 7 nitrogen and oxygen atoms in total. The Balaban J connectivity index is 2.22. The number of likely N-dealkylation sites (N-methyl/N-ethyl adjacent to an activating group) is 1. The summed E-state index contributed by atoms with van der Waals surface area (Å²) in [4.78, 5) is 26.1. The molecule has 6 N–H and O–H groups in total. The zero-order valence-electron chi connectivity index (χ0n) is 16.8. The number of carbonyl (C=O) groups excluding carboxylic acids is 2. The number of hydrogen-bond donors (Lipinski definition) is 4. The monoisotopic (exact) mass is 383 g/mol. The first-order valence-corrected chi connectivity index (χ1v) is 9.21. The Morgan fingerprint density at radius 1 is 1.04 bits per heavy atom. The molecule has 1 unspecified atom stereocenters. The fourth-order valence-electron chi connectivity index (χ4n) is 2.96. The maximum atomic E-state index is 12.9. The van der Waals surface area contributed by atoms with Crippen LogP contribution in [0.3, 0.4) is 0 Å². The Bertz CT molecular complexity index is 836. The molecule has 150 valence electrons.